The van der Waals surface area contributed by atoms with Crippen molar-refractivity contribution >= 4 is 0 Å². The fraction of sp³-hybridized carbons (Fsp3) is 0.538. The number of aromatic nitrogens is 1. The lowest BCUT2D eigenvalue weighted by molar-refractivity contribution is 0.314. The van der Waals surface area contributed by atoms with Crippen LogP contribution < -0.4 is 4.74 Å². The largest absolute Gasteiger partial charge is 0.491 e. The number of pyridine rings is 1. The third-order valence-electron chi connectivity index (χ3n) is 2.99. The predicted molar refractivity (Wildman–Crippen MR) is 61.3 cm³/mol. The van der Waals surface area contributed by atoms with Gasteiger partial charge in [-0.05, 0) is 25.3 Å². The molecule has 3 heteroatoms. The van der Waals surface area contributed by atoms with Gasteiger partial charge in [0.2, 0.25) is 0 Å². The summed E-state index contributed by atoms with van der Waals surface area (Å²) in [6.45, 7) is 2.68. The van der Waals surface area contributed by atoms with Crippen LogP contribution >= 0.6 is 0 Å². The van der Waals surface area contributed by atoms with Gasteiger partial charge in [-0.25, -0.2) is 0 Å². The molecule has 2 rings (SSSR count). The fourth-order valence-corrected chi connectivity index (χ4v) is 1.80. The molecule has 0 N–H and O–H groups in total. The molecule has 0 aliphatic heterocycles. The average Bonchev–Trinajstić information content (AvgIpc) is 2.25. The number of rotatable bonds is 4. The normalized spacial score (nSPS) is 15.2. The van der Waals surface area contributed by atoms with E-state index in [0.29, 0.717) is 23.8 Å². The van der Waals surface area contributed by atoms with Crippen molar-refractivity contribution in [3.8, 4) is 11.8 Å². The highest BCUT2D eigenvalue weighted by atomic mass is 16.5. The SMILES string of the molecule is CCCOc1cnc(C2CCC2)cc1C#N. The molecule has 0 spiro atoms. The van der Waals surface area contributed by atoms with Gasteiger partial charge < -0.3 is 4.74 Å². The molecule has 1 aromatic rings. The molecule has 1 saturated carbocycles. The smallest absolute Gasteiger partial charge is 0.155 e. The molecule has 0 saturated heterocycles. The summed E-state index contributed by atoms with van der Waals surface area (Å²) < 4.78 is 5.48. The Kier molecular flexibility index (Phi) is 3.40. The molecule has 3 nitrogen and oxygen atoms in total. The topological polar surface area (TPSA) is 45.9 Å². The lowest BCUT2D eigenvalue weighted by Gasteiger charge is -2.24. The fourth-order valence-electron chi connectivity index (χ4n) is 1.80. The maximum atomic E-state index is 9.06. The molecule has 0 unspecified atom stereocenters. The molecule has 1 aliphatic rings. The van der Waals surface area contributed by atoms with E-state index in [1.54, 1.807) is 6.20 Å². The first-order chi connectivity index (χ1) is 7.85. The van der Waals surface area contributed by atoms with Crippen molar-refractivity contribution in [3.05, 3.63) is 23.5 Å². The molecule has 0 radical (unpaired) electrons. The number of ether oxygens (including phenoxy) is 1. The van der Waals surface area contributed by atoms with Gasteiger partial charge in [-0.1, -0.05) is 13.3 Å². The number of nitriles is 1. The van der Waals surface area contributed by atoms with Crippen LogP contribution in [-0.2, 0) is 0 Å². The summed E-state index contributed by atoms with van der Waals surface area (Å²) in [4.78, 5) is 4.39. The van der Waals surface area contributed by atoms with E-state index in [0.717, 1.165) is 12.1 Å². The van der Waals surface area contributed by atoms with Crippen LogP contribution in [0.5, 0.6) is 5.75 Å². The average molecular weight is 216 g/mol. The summed E-state index contributed by atoms with van der Waals surface area (Å²) >= 11 is 0. The molecule has 16 heavy (non-hydrogen) atoms. The Bertz CT molecular complexity index is 405. The van der Waals surface area contributed by atoms with Crippen molar-refractivity contribution in [1.82, 2.24) is 4.98 Å². The highest BCUT2D eigenvalue weighted by Gasteiger charge is 2.21. The van der Waals surface area contributed by atoms with Crippen molar-refractivity contribution in [2.24, 2.45) is 0 Å². The molecule has 1 aromatic heterocycles. The van der Waals surface area contributed by atoms with E-state index in [1.165, 1.54) is 19.3 Å². The molecule has 1 heterocycles. The van der Waals surface area contributed by atoms with Crippen LogP contribution in [0.2, 0.25) is 0 Å². The summed E-state index contributed by atoms with van der Waals surface area (Å²) in [5.41, 5.74) is 1.66. The quantitative estimate of drug-likeness (QED) is 0.777. The Morgan fingerprint density at radius 2 is 2.38 bits per heavy atom. The van der Waals surface area contributed by atoms with Crippen molar-refractivity contribution in [3.63, 3.8) is 0 Å². The zero-order valence-corrected chi connectivity index (χ0v) is 9.57. The Morgan fingerprint density at radius 3 is 2.94 bits per heavy atom. The van der Waals surface area contributed by atoms with Crippen molar-refractivity contribution in [1.29, 1.82) is 5.26 Å². The van der Waals surface area contributed by atoms with Gasteiger partial charge in [0.05, 0.1) is 18.4 Å². The van der Waals surface area contributed by atoms with Gasteiger partial charge in [-0.3, -0.25) is 4.98 Å². The van der Waals surface area contributed by atoms with Gasteiger partial charge in [0.15, 0.2) is 5.75 Å². The van der Waals surface area contributed by atoms with Crippen LogP contribution in [0.4, 0.5) is 0 Å². The lowest BCUT2D eigenvalue weighted by Crippen LogP contribution is -2.11. The Morgan fingerprint density at radius 1 is 1.56 bits per heavy atom. The van der Waals surface area contributed by atoms with Crippen LogP contribution in [0.3, 0.4) is 0 Å². The van der Waals surface area contributed by atoms with Crippen molar-refractivity contribution < 1.29 is 4.74 Å². The first kappa shape index (κ1) is 10.9. The maximum absolute atomic E-state index is 9.06. The second-order valence-electron chi connectivity index (χ2n) is 4.19. The minimum absolute atomic E-state index is 0.562. The highest BCUT2D eigenvalue weighted by Crippen LogP contribution is 2.36. The van der Waals surface area contributed by atoms with Crippen molar-refractivity contribution in [2.75, 3.05) is 6.61 Å². The van der Waals surface area contributed by atoms with E-state index in [9.17, 15) is 0 Å². The molecular weight excluding hydrogens is 200 g/mol. The van der Waals surface area contributed by atoms with E-state index in [2.05, 4.69) is 11.1 Å². The van der Waals surface area contributed by atoms with E-state index in [4.69, 9.17) is 10.00 Å². The van der Waals surface area contributed by atoms with Gasteiger partial charge in [0.1, 0.15) is 6.07 Å². The third-order valence-corrected chi connectivity index (χ3v) is 2.99. The van der Waals surface area contributed by atoms with Crippen LogP contribution in [0.1, 0.15) is 49.8 Å². The standard InChI is InChI=1S/C13H16N2O/c1-2-6-16-13-9-15-12(7-11(13)8-14)10-4-3-5-10/h7,9-10H,2-6H2,1H3. The lowest BCUT2D eigenvalue weighted by atomic mass is 9.82. The minimum Gasteiger partial charge on any atom is -0.491 e. The summed E-state index contributed by atoms with van der Waals surface area (Å²) in [6.07, 6.45) is 6.32. The van der Waals surface area contributed by atoms with E-state index >= 15 is 0 Å². The summed E-state index contributed by atoms with van der Waals surface area (Å²) in [5, 5.41) is 9.06. The Balaban J connectivity index is 2.17. The van der Waals surface area contributed by atoms with Gasteiger partial charge in [0, 0.05) is 11.6 Å². The maximum Gasteiger partial charge on any atom is 0.155 e. The first-order valence-corrected chi connectivity index (χ1v) is 5.88. The van der Waals surface area contributed by atoms with Crippen LogP contribution in [0.25, 0.3) is 0 Å². The molecule has 0 aromatic carbocycles. The Hall–Kier alpha value is -1.56. The monoisotopic (exact) mass is 216 g/mol. The number of nitrogens with zero attached hydrogens (tertiary/aromatic N) is 2. The zero-order chi connectivity index (χ0) is 11.4. The molecule has 0 bridgehead atoms. The second-order valence-corrected chi connectivity index (χ2v) is 4.19. The van der Waals surface area contributed by atoms with Gasteiger partial charge in [0.25, 0.3) is 0 Å². The van der Waals surface area contributed by atoms with E-state index in [-0.39, 0.29) is 0 Å². The highest BCUT2D eigenvalue weighted by molar-refractivity contribution is 5.43. The first-order valence-electron chi connectivity index (χ1n) is 5.88. The predicted octanol–water partition coefficient (Wildman–Crippen LogP) is 3.01. The summed E-state index contributed by atoms with van der Waals surface area (Å²) in [6, 6.07) is 4.07. The van der Waals surface area contributed by atoms with Gasteiger partial charge in [-0.15, -0.1) is 0 Å². The van der Waals surface area contributed by atoms with E-state index in [1.807, 2.05) is 13.0 Å². The number of hydrogen-bond donors (Lipinski definition) is 0. The Labute approximate surface area is 96.1 Å². The molecular formula is C13H16N2O. The van der Waals surface area contributed by atoms with Crippen LogP contribution in [0, 0.1) is 11.3 Å². The summed E-state index contributed by atoms with van der Waals surface area (Å²) in [5.74, 6) is 1.18. The molecule has 1 fully saturated rings. The minimum atomic E-state index is 0.562. The van der Waals surface area contributed by atoms with Gasteiger partial charge >= 0.3 is 0 Å². The zero-order valence-electron chi connectivity index (χ0n) is 9.57. The van der Waals surface area contributed by atoms with Crippen LogP contribution in [0.15, 0.2) is 12.3 Å². The van der Waals surface area contributed by atoms with Gasteiger partial charge in [-0.2, -0.15) is 5.26 Å². The van der Waals surface area contributed by atoms with Crippen LogP contribution in [-0.4, -0.2) is 11.6 Å². The third kappa shape index (κ3) is 2.16. The number of hydrogen-bond acceptors (Lipinski definition) is 3. The summed E-state index contributed by atoms with van der Waals surface area (Å²) in [7, 11) is 0. The molecule has 1 aliphatic carbocycles. The van der Waals surface area contributed by atoms with E-state index < -0.39 is 0 Å². The molecule has 84 valence electrons. The molecule has 0 atom stereocenters. The second kappa shape index (κ2) is 4.98. The molecule has 0 amide bonds. The van der Waals surface area contributed by atoms with Crippen molar-refractivity contribution in [2.45, 2.75) is 38.5 Å².